The molecular weight excluding hydrogens is 198 g/mol. The lowest BCUT2D eigenvalue weighted by Crippen LogP contribution is -1.96. The molecule has 0 radical (unpaired) electrons. The van der Waals surface area contributed by atoms with Gasteiger partial charge in [0, 0.05) is 18.7 Å². The standard InChI is InChI=1S/C11H16ClNO/c12-6-5-11-13-8-10(14-11)7-9-3-1-2-4-9/h8-9H,1-7H2. The summed E-state index contributed by atoms with van der Waals surface area (Å²) in [5.41, 5.74) is 0. The second-order valence-corrected chi connectivity index (χ2v) is 4.39. The summed E-state index contributed by atoms with van der Waals surface area (Å²) in [7, 11) is 0. The molecule has 2 nitrogen and oxygen atoms in total. The monoisotopic (exact) mass is 213 g/mol. The summed E-state index contributed by atoms with van der Waals surface area (Å²) >= 11 is 5.62. The molecule has 3 heteroatoms. The minimum Gasteiger partial charge on any atom is -0.446 e. The molecule has 1 aromatic heterocycles. The van der Waals surface area contributed by atoms with E-state index in [4.69, 9.17) is 16.0 Å². The Labute approximate surface area is 89.7 Å². The molecule has 0 spiro atoms. The molecule has 1 heterocycles. The first-order chi connectivity index (χ1) is 6.88. The number of halogens is 1. The fourth-order valence-electron chi connectivity index (χ4n) is 2.14. The van der Waals surface area contributed by atoms with E-state index in [0.717, 1.165) is 30.4 Å². The molecule has 0 unspecified atom stereocenters. The highest BCUT2D eigenvalue weighted by Crippen LogP contribution is 2.28. The van der Waals surface area contributed by atoms with Crippen LogP contribution in [0.2, 0.25) is 0 Å². The van der Waals surface area contributed by atoms with Gasteiger partial charge >= 0.3 is 0 Å². The van der Waals surface area contributed by atoms with Gasteiger partial charge < -0.3 is 4.42 Å². The van der Waals surface area contributed by atoms with E-state index in [1.165, 1.54) is 25.7 Å². The van der Waals surface area contributed by atoms with Gasteiger partial charge in [-0.1, -0.05) is 25.7 Å². The van der Waals surface area contributed by atoms with E-state index in [1.54, 1.807) is 0 Å². The zero-order chi connectivity index (χ0) is 9.80. The van der Waals surface area contributed by atoms with E-state index < -0.39 is 0 Å². The molecule has 1 aliphatic rings. The molecule has 78 valence electrons. The quantitative estimate of drug-likeness (QED) is 0.718. The Bertz CT molecular complexity index is 279. The molecule has 1 aliphatic carbocycles. The lowest BCUT2D eigenvalue weighted by atomic mass is 10.0. The van der Waals surface area contributed by atoms with Gasteiger partial charge in [-0.3, -0.25) is 0 Å². The normalized spacial score (nSPS) is 17.8. The van der Waals surface area contributed by atoms with E-state index >= 15 is 0 Å². The number of alkyl halides is 1. The number of hydrogen-bond acceptors (Lipinski definition) is 2. The summed E-state index contributed by atoms with van der Waals surface area (Å²) in [6.45, 7) is 0. The van der Waals surface area contributed by atoms with E-state index in [1.807, 2.05) is 6.20 Å². The molecule has 0 aromatic carbocycles. The van der Waals surface area contributed by atoms with Gasteiger partial charge in [0.05, 0.1) is 6.20 Å². The van der Waals surface area contributed by atoms with Crippen LogP contribution in [-0.4, -0.2) is 10.9 Å². The maximum Gasteiger partial charge on any atom is 0.195 e. The highest BCUT2D eigenvalue weighted by Gasteiger charge is 2.17. The molecule has 2 rings (SSSR count). The Morgan fingerprint density at radius 1 is 1.43 bits per heavy atom. The second-order valence-electron chi connectivity index (χ2n) is 4.01. The van der Waals surface area contributed by atoms with Gasteiger partial charge in [0.25, 0.3) is 0 Å². The average molecular weight is 214 g/mol. The zero-order valence-electron chi connectivity index (χ0n) is 8.34. The first-order valence-electron chi connectivity index (χ1n) is 5.38. The molecule has 1 saturated carbocycles. The fourth-order valence-corrected chi connectivity index (χ4v) is 2.30. The first kappa shape index (κ1) is 10.0. The minimum atomic E-state index is 0.587. The molecule has 0 saturated heterocycles. The van der Waals surface area contributed by atoms with Gasteiger partial charge in [0.15, 0.2) is 5.89 Å². The van der Waals surface area contributed by atoms with Crippen LogP contribution in [0.15, 0.2) is 10.6 Å². The molecule has 0 aliphatic heterocycles. The fraction of sp³-hybridized carbons (Fsp3) is 0.727. The molecule has 0 bridgehead atoms. The predicted molar refractivity (Wildman–Crippen MR) is 56.6 cm³/mol. The van der Waals surface area contributed by atoms with Crippen LogP contribution in [0.3, 0.4) is 0 Å². The van der Waals surface area contributed by atoms with Crippen molar-refractivity contribution in [2.24, 2.45) is 5.92 Å². The highest BCUT2D eigenvalue weighted by atomic mass is 35.5. The molecule has 14 heavy (non-hydrogen) atoms. The van der Waals surface area contributed by atoms with Crippen LogP contribution in [0.25, 0.3) is 0 Å². The van der Waals surface area contributed by atoms with Crippen molar-refractivity contribution in [3.8, 4) is 0 Å². The third kappa shape index (κ3) is 2.50. The van der Waals surface area contributed by atoms with Gasteiger partial charge in [0.1, 0.15) is 5.76 Å². The van der Waals surface area contributed by atoms with Crippen molar-refractivity contribution < 1.29 is 4.42 Å². The van der Waals surface area contributed by atoms with E-state index in [-0.39, 0.29) is 0 Å². The molecule has 1 fully saturated rings. The van der Waals surface area contributed by atoms with E-state index in [9.17, 15) is 0 Å². The average Bonchev–Trinajstić information content (AvgIpc) is 2.79. The van der Waals surface area contributed by atoms with Crippen LogP contribution in [0.5, 0.6) is 0 Å². The maximum atomic E-state index is 5.62. The zero-order valence-corrected chi connectivity index (χ0v) is 9.09. The van der Waals surface area contributed by atoms with Gasteiger partial charge in [-0.2, -0.15) is 0 Å². The molecule has 0 atom stereocenters. The van der Waals surface area contributed by atoms with Gasteiger partial charge in [-0.05, 0) is 5.92 Å². The smallest absolute Gasteiger partial charge is 0.195 e. The lowest BCUT2D eigenvalue weighted by molar-refractivity contribution is 0.418. The Morgan fingerprint density at radius 3 is 2.93 bits per heavy atom. The second kappa shape index (κ2) is 4.83. The summed E-state index contributed by atoms with van der Waals surface area (Å²) in [6.07, 6.45) is 9.14. The van der Waals surface area contributed by atoms with Gasteiger partial charge in [-0.25, -0.2) is 4.98 Å². The Balaban J connectivity index is 1.88. The lowest BCUT2D eigenvalue weighted by Gasteiger charge is -2.04. The summed E-state index contributed by atoms with van der Waals surface area (Å²) < 4.78 is 5.59. The van der Waals surface area contributed by atoms with E-state index in [0.29, 0.717) is 5.88 Å². The van der Waals surface area contributed by atoms with Crippen molar-refractivity contribution in [2.75, 3.05) is 5.88 Å². The summed E-state index contributed by atoms with van der Waals surface area (Å²) in [5, 5.41) is 0. The predicted octanol–water partition coefficient (Wildman–Crippen LogP) is 3.19. The van der Waals surface area contributed by atoms with E-state index in [2.05, 4.69) is 4.98 Å². The minimum absolute atomic E-state index is 0.587. The van der Waals surface area contributed by atoms with Crippen LogP contribution in [0.1, 0.15) is 37.3 Å². The number of rotatable bonds is 4. The summed E-state index contributed by atoms with van der Waals surface area (Å²) in [5.74, 6) is 3.24. The highest BCUT2D eigenvalue weighted by molar-refractivity contribution is 6.17. The first-order valence-corrected chi connectivity index (χ1v) is 5.91. The largest absolute Gasteiger partial charge is 0.446 e. The Kier molecular flexibility index (Phi) is 3.46. The van der Waals surface area contributed by atoms with Crippen LogP contribution in [0.4, 0.5) is 0 Å². The van der Waals surface area contributed by atoms with Crippen LogP contribution in [-0.2, 0) is 12.8 Å². The number of aromatic nitrogens is 1. The van der Waals surface area contributed by atoms with Crippen molar-refractivity contribution in [3.05, 3.63) is 17.8 Å². The molecule has 0 N–H and O–H groups in total. The Morgan fingerprint density at radius 2 is 2.21 bits per heavy atom. The number of oxazole rings is 1. The molecule has 1 aromatic rings. The topological polar surface area (TPSA) is 26.0 Å². The van der Waals surface area contributed by atoms with Crippen molar-refractivity contribution >= 4 is 11.6 Å². The SMILES string of the molecule is ClCCc1ncc(CC2CCCC2)o1. The number of aryl methyl sites for hydroxylation is 1. The van der Waals surface area contributed by atoms with Crippen molar-refractivity contribution in [1.82, 2.24) is 4.98 Å². The van der Waals surface area contributed by atoms with Crippen LogP contribution < -0.4 is 0 Å². The summed E-state index contributed by atoms with van der Waals surface area (Å²) in [4.78, 5) is 4.20. The van der Waals surface area contributed by atoms with Crippen LogP contribution >= 0.6 is 11.6 Å². The van der Waals surface area contributed by atoms with Crippen molar-refractivity contribution in [2.45, 2.75) is 38.5 Å². The van der Waals surface area contributed by atoms with Crippen molar-refractivity contribution in [3.63, 3.8) is 0 Å². The van der Waals surface area contributed by atoms with Crippen molar-refractivity contribution in [1.29, 1.82) is 0 Å². The molecule has 0 amide bonds. The third-order valence-electron chi connectivity index (χ3n) is 2.87. The van der Waals surface area contributed by atoms with Gasteiger partial charge in [-0.15, -0.1) is 11.6 Å². The van der Waals surface area contributed by atoms with Gasteiger partial charge in [0.2, 0.25) is 0 Å². The Hall–Kier alpha value is -0.500. The number of hydrogen-bond donors (Lipinski definition) is 0. The van der Waals surface area contributed by atoms with Crippen LogP contribution in [0, 0.1) is 5.92 Å². The maximum absolute atomic E-state index is 5.62. The third-order valence-corrected chi connectivity index (χ3v) is 3.06. The summed E-state index contributed by atoms with van der Waals surface area (Å²) in [6, 6.07) is 0. The molecular formula is C11H16ClNO. The number of nitrogens with zero attached hydrogens (tertiary/aromatic N) is 1.